The molecule has 0 fully saturated rings. The number of hydrogen-bond donors (Lipinski definition) is 0. The van der Waals surface area contributed by atoms with Gasteiger partial charge in [-0.25, -0.2) is 9.37 Å². The predicted molar refractivity (Wildman–Crippen MR) is 86.4 cm³/mol. The van der Waals surface area contributed by atoms with Crippen LogP contribution in [0.3, 0.4) is 0 Å². The van der Waals surface area contributed by atoms with E-state index in [0.29, 0.717) is 22.9 Å². The first-order valence-corrected chi connectivity index (χ1v) is 7.76. The highest BCUT2D eigenvalue weighted by molar-refractivity contribution is 6.16. The molecular formula is C16H23ClFN3. The number of imidazole rings is 1. The number of hydrogen-bond acceptors (Lipinski definition) is 2. The summed E-state index contributed by atoms with van der Waals surface area (Å²) in [6, 6.07) is 3.63. The molecule has 0 aliphatic carbocycles. The van der Waals surface area contributed by atoms with Crippen molar-refractivity contribution in [3.63, 3.8) is 0 Å². The lowest BCUT2D eigenvalue weighted by Gasteiger charge is -2.28. The Balaban J connectivity index is 2.66. The fourth-order valence-electron chi connectivity index (χ4n) is 2.70. The molecule has 0 saturated heterocycles. The molecule has 0 N–H and O–H groups in total. The highest BCUT2D eigenvalue weighted by atomic mass is 35.5. The Hall–Kier alpha value is -1.13. The highest BCUT2D eigenvalue weighted by Gasteiger charge is 2.23. The first-order valence-electron chi connectivity index (χ1n) is 7.22. The smallest absolute Gasteiger partial charge is 0.128 e. The van der Waals surface area contributed by atoms with Gasteiger partial charge in [0.2, 0.25) is 0 Å². The Bertz CT molecular complexity index is 634. The van der Waals surface area contributed by atoms with Crippen LogP contribution in [0.1, 0.15) is 31.3 Å². The van der Waals surface area contributed by atoms with E-state index in [1.165, 1.54) is 6.07 Å². The van der Waals surface area contributed by atoms with Crippen molar-refractivity contribution < 1.29 is 4.39 Å². The summed E-state index contributed by atoms with van der Waals surface area (Å²) in [7, 11) is 4.11. The van der Waals surface area contributed by atoms with Crippen molar-refractivity contribution in [3.8, 4) is 0 Å². The van der Waals surface area contributed by atoms with Gasteiger partial charge in [0, 0.05) is 12.6 Å². The van der Waals surface area contributed by atoms with E-state index in [2.05, 4.69) is 42.4 Å². The third-order valence-corrected chi connectivity index (χ3v) is 4.05. The summed E-state index contributed by atoms with van der Waals surface area (Å²) in [6.07, 6.45) is 0. The molecule has 21 heavy (non-hydrogen) atoms. The second-order valence-electron chi connectivity index (χ2n) is 6.20. The van der Waals surface area contributed by atoms with E-state index in [1.807, 2.05) is 6.07 Å². The number of likely N-dealkylation sites (N-methyl/N-ethyl adjacent to an activating group) is 1. The lowest BCUT2D eigenvalue weighted by atomic mass is 10.0. The Morgan fingerprint density at radius 1 is 1.33 bits per heavy atom. The van der Waals surface area contributed by atoms with Crippen molar-refractivity contribution in [1.29, 1.82) is 0 Å². The normalized spacial score (nSPS) is 13.6. The van der Waals surface area contributed by atoms with Gasteiger partial charge >= 0.3 is 0 Å². The molecule has 0 bridgehead atoms. The Morgan fingerprint density at radius 3 is 2.52 bits per heavy atom. The lowest BCUT2D eigenvalue weighted by Crippen LogP contribution is -2.29. The fraction of sp³-hybridized carbons (Fsp3) is 0.562. The largest absolute Gasteiger partial charge is 0.322 e. The monoisotopic (exact) mass is 311 g/mol. The van der Waals surface area contributed by atoms with Crippen molar-refractivity contribution >= 4 is 22.6 Å². The third-order valence-electron chi connectivity index (χ3n) is 3.82. The van der Waals surface area contributed by atoms with Crippen molar-refractivity contribution in [3.05, 3.63) is 29.3 Å². The summed E-state index contributed by atoms with van der Waals surface area (Å²) in [5, 5.41) is 0. The Labute approximate surface area is 130 Å². The number of benzene rings is 1. The van der Waals surface area contributed by atoms with Crippen LogP contribution in [-0.2, 0) is 5.88 Å². The SMILES string of the molecule is Cc1cc2c(cc1F)nc(CCl)n2C(CN(C)C)C(C)C. The summed E-state index contributed by atoms with van der Waals surface area (Å²) in [5.41, 5.74) is 2.28. The van der Waals surface area contributed by atoms with Crippen LogP contribution in [0.25, 0.3) is 11.0 Å². The van der Waals surface area contributed by atoms with Crippen LogP contribution in [0.2, 0.25) is 0 Å². The van der Waals surface area contributed by atoms with Gasteiger partial charge in [0.05, 0.1) is 23.0 Å². The molecule has 5 heteroatoms. The van der Waals surface area contributed by atoms with Gasteiger partial charge in [0.25, 0.3) is 0 Å². The molecule has 2 aromatic rings. The molecule has 3 nitrogen and oxygen atoms in total. The molecule has 116 valence electrons. The van der Waals surface area contributed by atoms with Gasteiger partial charge in [0.15, 0.2) is 0 Å². The number of fused-ring (bicyclic) bond motifs is 1. The van der Waals surface area contributed by atoms with Gasteiger partial charge in [-0.1, -0.05) is 13.8 Å². The van der Waals surface area contributed by atoms with E-state index in [4.69, 9.17) is 11.6 Å². The van der Waals surface area contributed by atoms with E-state index >= 15 is 0 Å². The zero-order valence-corrected chi connectivity index (χ0v) is 14.1. The molecule has 1 aromatic carbocycles. The molecular weight excluding hydrogens is 289 g/mol. The van der Waals surface area contributed by atoms with Crippen LogP contribution in [0.15, 0.2) is 12.1 Å². The van der Waals surface area contributed by atoms with Crippen LogP contribution >= 0.6 is 11.6 Å². The second kappa shape index (κ2) is 6.32. The van der Waals surface area contributed by atoms with Crippen molar-refractivity contribution in [1.82, 2.24) is 14.5 Å². The first kappa shape index (κ1) is 16.2. The minimum Gasteiger partial charge on any atom is -0.322 e. The Morgan fingerprint density at radius 2 is 2.00 bits per heavy atom. The molecule has 1 heterocycles. The molecule has 1 unspecified atom stereocenters. The third kappa shape index (κ3) is 3.22. The van der Waals surface area contributed by atoms with Gasteiger partial charge < -0.3 is 9.47 Å². The van der Waals surface area contributed by atoms with Crippen LogP contribution in [0.4, 0.5) is 4.39 Å². The Kier molecular flexibility index (Phi) is 4.89. The van der Waals surface area contributed by atoms with Gasteiger partial charge in [-0.2, -0.15) is 0 Å². The molecule has 0 aliphatic heterocycles. The zero-order valence-electron chi connectivity index (χ0n) is 13.3. The van der Waals surface area contributed by atoms with E-state index in [0.717, 1.165) is 17.9 Å². The minimum absolute atomic E-state index is 0.220. The van der Waals surface area contributed by atoms with Crippen molar-refractivity contribution in [2.45, 2.75) is 32.7 Å². The number of alkyl halides is 1. The first-order chi connectivity index (χ1) is 9.85. The summed E-state index contributed by atoms with van der Waals surface area (Å²) >= 11 is 6.08. The predicted octanol–water partition coefficient (Wildman–Crippen LogP) is 3.98. The number of halogens is 2. The van der Waals surface area contributed by atoms with E-state index in [9.17, 15) is 4.39 Å². The standard InChI is InChI=1S/C16H23ClFN3/c1-10(2)15(9-20(4)5)21-14-6-11(3)12(18)7-13(14)19-16(21)8-17/h6-7,10,15H,8-9H2,1-5H3. The van der Waals surface area contributed by atoms with Crippen molar-refractivity contribution in [2.24, 2.45) is 5.92 Å². The molecule has 0 spiro atoms. The number of nitrogens with zero attached hydrogens (tertiary/aromatic N) is 3. The average Bonchev–Trinajstić information content (AvgIpc) is 2.73. The number of rotatable bonds is 5. The quantitative estimate of drug-likeness (QED) is 0.779. The highest BCUT2D eigenvalue weighted by Crippen LogP contribution is 2.29. The van der Waals surface area contributed by atoms with Gasteiger partial charge in [-0.05, 0) is 38.6 Å². The molecule has 1 atom stereocenters. The van der Waals surface area contributed by atoms with Crippen LogP contribution in [0, 0.1) is 18.7 Å². The summed E-state index contributed by atoms with van der Waals surface area (Å²) in [4.78, 5) is 6.67. The molecule has 0 radical (unpaired) electrons. The molecule has 0 saturated carbocycles. The summed E-state index contributed by atoms with van der Waals surface area (Å²) in [5.74, 6) is 1.34. The van der Waals surface area contributed by atoms with Crippen LogP contribution in [0.5, 0.6) is 0 Å². The minimum atomic E-state index is -0.220. The maximum absolute atomic E-state index is 13.8. The molecule has 1 aromatic heterocycles. The lowest BCUT2D eigenvalue weighted by molar-refractivity contribution is 0.270. The molecule has 0 aliphatic rings. The molecule has 2 rings (SSSR count). The topological polar surface area (TPSA) is 21.1 Å². The average molecular weight is 312 g/mol. The maximum atomic E-state index is 13.8. The van der Waals surface area contributed by atoms with Gasteiger partial charge in [0.1, 0.15) is 11.6 Å². The van der Waals surface area contributed by atoms with E-state index in [1.54, 1.807) is 6.92 Å². The van der Waals surface area contributed by atoms with E-state index in [-0.39, 0.29) is 11.9 Å². The fourth-order valence-corrected chi connectivity index (χ4v) is 2.89. The number of aryl methyl sites for hydroxylation is 1. The summed E-state index contributed by atoms with van der Waals surface area (Å²) < 4.78 is 16.0. The van der Waals surface area contributed by atoms with Gasteiger partial charge in [-0.15, -0.1) is 11.6 Å². The summed E-state index contributed by atoms with van der Waals surface area (Å²) in [6.45, 7) is 7.05. The second-order valence-corrected chi connectivity index (χ2v) is 6.46. The number of aromatic nitrogens is 2. The van der Waals surface area contributed by atoms with Gasteiger partial charge in [-0.3, -0.25) is 0 Å². The zero-order chi connectivity index (χ0) is 15.7. The van der Waals surface area contributed by atoms with Crippen molar-refractivity contribution in [2.75, 3.05) is 20.6 Å². The van der Waals surface area contributed by atoms with Crippen LogP contribution < -0.4 is 0 Å². The molecule has 0 amide bonds. The van der Waals surface area contributed by atoms with E-state index < -0.39 is 0 Å². The maximum Gasteiger partial charge on any atom is 0.128 e. The van der Waals surface area contributed by atoms with Crippen LogP contribution in [-0.4, -0.2) is 35.1 Å².